The van der Waals surface area contributed by atoms with Crippen molar-refractivity contribution in [2.45, 2.75) is 38.2 Å². The number of nitrogens with one attached hydrogen (secondary N) is 2. The molecule has 9 nitrogen and oxygen atoms in total. The lowest BCUT2D eigenvalue weighted by molar-refractivity contribution is -0.290. The molecule has 0 aliphatic rings. The number of hydrogen-bond acceptors (Lipinski definition) is 6. The number of alkyl halides is 5. The van der Waals surface area contributed by atoms with Gasteiger partial charge in [-0.15, -0.1) is 0 Å². The lowest BCUT2D eigenvalue weighted by Crippen LogP contribution is -2.41. The third-order valence-electron chi connectivity index (χ3n) is 4.38. The van der Waals surface area contributed by atoms with Crippen LogP contribution in [0.15, 0.2) is 46.1 Å². The zero-order valence-corrected chi connectivity index (χ0v) is 18.6. The Hall–Kier alpha value is -2.78. The highest BCUT2D eigenvalue weighted by molar-refractivity contribution is 7.89. The van der Waals surface area contributed by atoms with Crippen molar-refractivity contribution in [3.05, 3.63) is 62.9 Å². The number of H-pyrrole nitrogens is 1. The lowest BCUT2D eigenvalue weighted by Gasteiger charge is -2.20. The number of benzene rings is 1. The Balaban J connectivity index is 1.84. The van der Waals surface area contributed by atoms with Crippen LogP contribution in [0.25, 0.3) is 0 Å². The number of aromatic nitrogens is 2. The molecule has 1 unspecified atom stereocenters. The maximum absolute atomic E-state index is 13.0. The molecule has 15 heteroatoms. The molecule has 1 aromatic carbocycles. The van der Waals surface area contributed by atoms with Crippen LogP contribution in [0, 0.1) is 0 Å². The summed E-state index contributed by atoms with van der Waals surface area (Å²) in [5.74, 6) is -5.66. The number of aromatic amines is 1. The van der Waals surface area contributed by atoms with E-state index >= 15 is 0 Å². The number of hydrogen-bond donors (Lipinski definition) is 2. The maximum atomic E-state index is 13.0. The van der Waals surface area contributed by atoms with Crippen LogP contribution in [0.4, 0.5) is 22.0 Å². The number of sulfonamides is 1. The van der Waals surface area contributed by atoms with Crippen LogP contribution < -0.4 is 20.7 Å². The number of ether oxygens (including phenoxy) is 2. The molecule has 0 saturated carbocycles. The first-order valence-electron chi connectivity index (χ1n) is 9.75. The van der Waals surface area contributed by atoms with Gasteiger partial charge in [-0.25, -0.2) is 17.9 Å². The van der Waals surface area contributed by atoms with Crippen LogP contribution in [0.2, 0.25) is 0 Å². The van der Waals surface area contributed by atoms with Gasteiger partial charge in [0, 0.05) is 24.9 Å². The Bertz CT molecular complexity index is 1180. The van der Waals surface area contributed by atoms with Gasteiger partial charge in [-0.1, -0.05) is 12.1 Å². The Morgan fingerprint density at radius 1 is 1.15 bits per heavy atom. The van der Waals surface area contributed by atoms with Crippen LogP contribution in [-0.2, 0) is 21.5 Å². The molecule has 190 valence electrons. The van der Waals surface area contributed by atoms with E-state index < -0.39 is 46.0 Å². The van der Waals surface area contributed by atoms with Crippen molar-refractivity contribution in [1.29, 1.82) is 0 Å². The molecule has 0 fully saturated rings. The SMILES string of the molecule is CC(NS(=O)(=O)CCCOCn1ccc(=O)[nH]c1=O)c1cccc(OCC(F)(F)C(F)(F)F)c1. The number of nitrogens with zero attached hydrogens (tertiary/aromatic N) is 1. The quantitative estimate of drug-likeness (QED) is 0.330. The van der Waals surface area contributed by atoms with E-state index in [2.05, 4.69) is 9.46 Å². The minimum Gasteiger partial charge on any atom is -0.487 e. The molecule has 0 aliphatic carbocycles. The van der Waals surface area contributed by atoms with Gasteiger partial charge in [0.2, 0.25) is 10.0 Å². The zero-order chi connectivity index (χ0) is 25.6. The van der Waals surface area contributed by atoms with Gasteiger partial charge in [0.05, 0.1) is 5.75 Å². The van der Waals surface area contributed by atoms with E-state index in [1.54, 1.807) is 0 Å². The molecule has 1 heterocycles. The van der Waals surface area contributed by atoms with Gasteiger partial charge in [-0.05, 0) is 31.0 Å². The lowest BCUT2D eigenvalue weighted by atomic mass is 10.1. The topological polar surface area (TPSA) is 119 Å². The van der Waals surface area contributed by atoms with E-state index in [1.165, 1.54) is 31.3 Å². The highest BCUT2D eigenvalue weighted by Crippen LogP contribution is 2.35. The fourth-order valence-electron chi connectivity index (χ4n) is 2.59. The van der Waals surface area contributed by atoms with E-state index in [1.807, 2.05) is 4.98 Å². The molecule has 0 saturated heterocycles. The van der Waals surface area contributed by atoms with Gasteiger partial charge in [0.25, 0.3) is 5.56 Å². The minimum absolute atomic E-state index is 0.0163. The van der Waals surface area contributed by atoms with E-state index in [0.717, 1.165) is 16.7 Å². The van der Waals surface area contributed by atoms with Gasteiger partial charge >= 0.3 is 17.8 Å². The van der Waals surface area contributed by atoms with Gasteiger partial charge in [-0.3, -0.25) is 14.3 Å². The van der Waals surface area contributed by atoms with Crippen LogP contribution in [0.5, 0.6) is 5.75 Å². The van der Waals surface area contributed by atoms with Crippen molar-refractivity contribution in [2.75, 3.05) is 19.0 Å². The summed E-state index contributed by atoms with van der Waals surface area (Å²) in [6, 6.07) is 5.40. The predicted octanol–water partition coefficient (Wildman–Crippen LogP) is 2.16. The molecule has 2 aromatic rings. The largest absolute Gasteiger partial charge is 0.487 e. The Kier molecular flexibility index (Phi) is 8.96. The smallest absolute Gasteiger partial charge is 0.456 e. The van der Waals surface area contributed by atoms with E-state index in [4.69, 9.17) is 4.74 Å². The molecule has 2 rings (SSSR count). The molecule has 2 N–H and O–H groups in total. The van der Waals surface area contributed by atoms with Crippen molar-refractivity contribution in [2.24, 2.45) is 0 Å². The first kappa shape index (κ1) is 27.5. The van der Waals surface area contributed by atoms with Crippen molar-refractivity contribution in [3.8, 4) is 5.75 Å². The third-order valence-corrected chi connectivity index (χ3v) is 5.92. The average molecular weight is 515 g/mol. The first-order valence-corrected chi connectivity index (χ1v) is 11.4. The third kappa shape index (κ3) is 8.22. The number of halogens is 5. The van der Waals surface area contributed by atoms with E-state index in [9.17, 15) is 40.0 Å². The number of rotatable bonds is 12. The van der Waals surface area contributed by atoms with E-state index in [0.29, 0.717) is 0 Å². The maximum Gasteiger partial charge on any atom is 0.456 e. The fraction of sp³-hybridized carbons (Fsp3) is 0.474. The van der Waals surface area contributed by atoms with E-state index in [-0.39, 0.29) is 36.8 Å². The Labute approximate surface area is 190 Å². The normalized spacial score (nSPS) is 13.6. The second kappa shape index (κ2) is 11.1. The molecule has 0 aliphatic heterocycles. The standard InChI is InChI=1S/C19H22F5N3O6S/c1-13(14-4-2-5-15(10-14)33-11-18(20,21)19(22,23)24)26-34(30,31)9-3-8-32-12-27-7-6-16(28)25-17(27)29/h2,4-7,10,13,26H,3,8-9,11-12H2,1H3,(H,25,28,29). The van der Waals surface area contributed by atoms with Gasteiger partial charge in [-0.2, -0.15) is 22.0 Å². The molecule has 0 spiro atoms. The highest BCUT2D eigenvalue weighted by Gasteiger charge is 2.58. The summed E-state index contributed by atoms with van der Waals surface area (Å²) in [6.07, 6.45) is -4.47. The summed E-state index contributed by atoms with van der Waals surface area (Å²) in [5.41, 5.74) is -0.960. The average Bonchev–Trinajstić information content (AvgIpc) is 2.72. The summed E-state index contributed by atoms with van der Waals surface area (Å²) in [4.78, 5) is 24.5. The molecule has 0 bridgehead atoms. The van der Waals surface area contributed by atoms with Gasteiger partial charge < -0.3 is 9.47 Å². The monoisotopic (exact) mass is 515 g/mol. The zero-order valence-electron chi connectivity index (χ0n) is 17.8. The van der Waals surface area contributed by atoms with Gasteiger partial charge in [0.1, 0.15) is 12.5 Å². The van der Waals surface area contributed by atoms with Crippen molar-refractivity contribution >= 4 is 10.0 Å². The van der Waals surface area contributed by atoms with Crippen LogP contribution in [-0.4, -0.2) is 49.0 Å². The Morgan fingerprint density at radius 2 is 1.85 bits per heavy atom. The Morgan fingerprint density at radius 3 is 2.50 bits per heavy atom. The van der Waals surface area contributed by atoms with Gasteiger partial charge in [0.15, 0.2) is 6.61 Å². The van der Waals surface area contributed by atoms with Crippen LogP contribution in [0.1, 0.15) is 24.9 Å². The van der Waals surface area contributed by atoms with Crippen LogP contribution in [0.3, 0.4) is 0 Å². The minimum atomic E-state index is -5.76. The molecule has 1 aromatic heterocycles. The first-order chi connectivity index (χ1) is 15.7. The molecule has 0 radical (unpaired) electrons. The summed E-state index contributed by atoms with van der Waals surface area (Å²) >= 11 is 0. The van der Waals surface area contributed by atoms with Crippen molar-refractivity contribution in [1.82, 2.24) is 14.3 Å². The molecular weight excluding hydrogens is 493 g/mol. The predicted molar refractivity (Wildman–Crippen MR) is 110 cm³/mol. The van der Waals surface area contributed by atoms with Crippen LogP contribution >= 0.6 is 0 Å². The highest BCUT2D eigenvalue weighted by atomic mass is 32.2. The molecule has 1 atom stereocenters. The second-order valence-electron chi connectivity index (χ2n) is 7.19. The summed E-state index contributed by atoms with van der Waals surface area (Å²) in [6.45, 7) is -0.664. The van der Waals surface area contributed by atoms with Crippen molar-refractivity contribution in [3.63, 3.8) is 0 Å². The molecule has 34 heavy (non-hydrogen) atoms. The molecular formula is C19H22F5N3O6S. The summed E-state index contributed by atoms with van der Waals surface area (Å²) in [5, 5.41) is 0. The van der Waals surface area contributed by atoms with Crippen molar-refractivity contribution < 1.29 is 39.8 Å². The second-order valence-corrected chi connectivity index (χ2v) is 9.07. The summed E-state index contributed by atoms with van der Waals surface area (Å²) in [7, 11) is -3.81. The summed E-state index contributed by atoms with van der Waals surface area (Å²) < 4.78 is 101. The fourth-order valence-corrected chi connectivity index (χ4v) is 3.88. The molecule has 0 amide bonds.